The van der Waals surface area contributed by atoms with Crippen molar-refractivity contribution >= 4 is 23.2 Å². The molecule has 0 unspecified atom stereocenters. The third-order valence-corrected chi connectivity index (χ3v) is 8.62. The van der Waals surface area contributed by atoms with Crippen LogP contribution in [0.5, 0.6) is 11.5 Å². The lowest BCUT2D eigenvalue weighted by molar-refractivity contribution is -0.137. The molecule has 0 radical (unpaired) electrons. The molecule has 1 spiro atoms. The molecule has 0 atom stereocenters. The molecule has 1 aromatic heterocycles. The molecule has 228 valence electrons. The van der Waals surface area contributed by atoms with Crippen LogP contribution in [0.4, 0.5) is 18.9 Å². The van der Waals surface area contributed by atoms with Crippen molar-refractivity contribution in [1.29, 1.82) is 0 Å². The van der Waals surface area contributed by atoms with Crippen LogP contribution in [-0.4, -0.2) is 67.0 Å². The quantitative estimate of drug-likeness (QED) is 0.314. The van der Waals surface area contributed by atoms with Gasteiger partial charge in [-0.3, -0.25) is 4.79 Å². The molecule has 2 aliphatic heterocycles. The van der Waals surface area contributed by atoms with E-state index in [0.29, 0.717) is 62.8 Å². The Labute approximate surface area is 252 Å². The van der Waals surface area contributed by atoms with Crippen LogP contribution in [0.3, 0.4) is 0 Å². The summed E-state index contributed by atoms with van der Waals surface area (Å²) in [6, 6.07) is 15.1. The number of β-amino-alcohol motifs (C(OH)–C–C–N with tert-alkyl or cyclic N) is 1. The lowest BCUT2D eigenvalue weighted by atomic mass is 9.61. The van der Waals surface area contributed by atoms with Gasteiger partial charge in [-0.1, -0.05) is 29.8 Å². The van der Waals surface area contributed by atoms with Gasteiger partial charge in [0.05, 0.1) is 28.6 Å². The lowest BCUT2D eigenvalue weighted by Gasteiger charge is -2.59. The Hall–Kier alpha value is -3.54. The Kier molecular flexibility index (Phi) is 7.68. The number of pyridine rings is 1. The zero-order chi connectivity index (χ0) is 30.4. The van der Waals surface area contributed by atoms with Crippen LogP contribution < -0.4 is 25.0 Å². The predicted molar refractivity (Wildman–Crippen MR) is 156 cm³/mol. The van der Waals surface area contributed by atoms with Gasteiger partial charge in [0.25, 0.3) is 5.91 Å². The molecule has 43 heavy (non-hydrogen) atoms. The number of hydrogen-bond donors (Lipinski definition) is 3. The molecule has 3 aliphatic rings. The molecular formula is C31H32ClF3N4O4. The molecule has 2 saturated heterocycles. The minimum Gasteiger partial charge on any atom is -0.493 e. The maximum Gasteiger partial charge on any atom is 0.419 e. The highest BCUT2D eigenvalue weighted by Crippen LogP contribution is 2.53. The molecule has 1 saturated carbocycles. The number of aromatic nitrogens is 1. The van der Waals surface area contributed by atoms with Gasteiger partial charge < -0.3 is 30.1 Å². The Bertz CT molecular complexity index is 1520. The minimum absolute atomic E-state index is 0.0610. The largest absolute Gasteiger partial charge is 0.493 e. The molecule has 1 aliphatic carbocycles. The van der Waals surface area contributed by atoms with E-state index in [1.54, 1.807) is 17.0 Å². The maximum absolute atomic E-state index is 13.7. The number of aliphatic hydroxyl groups is 1. The van der Waals surface area contributed by atoms with Gasteiger partial charge in [0, 0.05) is 43.7 Å². The second kappa shape index (κ2) is 11.2. The normalized spacial score (nSPS) is 18.8. The first-order valence-corrected chi connectivity index (χ1v) is 14.6. The van der Waals surface area contributed by atoms with E-state index < -0.39 is 23.2 Å². The molecule has 3 N–H and O–H groups in total. The van der Waals surface area contributed by atoms with Crippen LogP contribution in [0.2, 0.25) is 5.02 Å². The predicted octanol–water partition coefficient (Wildman–Crippen LogP) is 4.93. The highest BCUT2D eigenvalue weighted by Gasteiger charge is 2.55. The average Bonchev–Trinajstić information content (AvgIpc) is 2.91. The van der Waals surface area contributed by atoms with Gasteiger partial charge in [-0.2, -0.15) is 13.2 Å². The Morgan fingerprint density at radius 1 is 1.12 bits per heavy atom. The number of hydrogen-bond acceptors (Lipinski definition) is 7. The summed E-state index contributed by atoms with van der Waals surface area (Å²) in [4.78, 5) is 19.7. The van der Waals surface area contributed by atoms with Crippen LogP contribution in [0.1, 0.15) is 35.8 Å². The van der Waals surface area contributed by atoms with Gasteiger partial charge in [-0.05, 0) is 56.2 Å². The number of carbonyl (C=O) groups is 1. The van der Waals surface area contributed by atoms with Crippen molar-refractivity contribution in [3.05, 3.63) is 70.9 Å². The maximum atomic E-state index is 13.7. The lowest BCUT2D eigenvalue weighted by Crippen LogP contribution is -2.65. The van der Waals surface area contributed by atoms with Crippen molar-refractivity contribution < 1.29 is 32.5 Å². The van der Waals surface area contributed by atoms with Gasteiger partial charge in [0.2, 0.25) is 0 Å². The first kappa shape index (κ1) is 29.5. The second-order valence-electron chi connectivity index (χ2n) is 11.6. The molecule has 3 heterocycles. The molecular weight excluding hydrogens is 585 g/mol. The second-order valence-corrected chi connectivity index (χ2v) is 12.0. The van der Waals surface area contributed by atoms with E-state index in [0.717, 1.165) is 5.56 Å². The van der Waals surface area contributed by atoms with E-state index in [9.17, 15) is 23.1 Å². The van der Waals surface area contributed by atoms with E-state index in [-0.39, 0.29) is 34.5 Å². The van der Waals surface area contributed by atoms with Crippen LogP contribution in [0.25, 0.3) is 11.3 Å². The summed E-state index contributed by atoms with van der Waals surface area (Å²) in [7, 11) is 0. The van der Waals surface area contributed by atoms with Crippen LogP contribution >= 0.6 is 11.6 Å². The highest BCUT2D eigenvalue weighted by molar-refractivity contribution is 6.31. The van der Waals surface area contributed by atoms with E-state index in [4.69, 9.17) is 21.1 Å². The fourth-order valence-corrected chi connectivity index (χ4v) is 6.38. The van der Waals surface area contributed by atoms with E-state index in [1.165, 1.54) is 18.2 Å². The topological polar surface area (TPSA) is 96.0 Å². The summed E-state index contributed by atoms with van der Waals surface area (Å²) in [6.07, 6.45) is -3.51. The Morgan fingerprint density at radius 2 is 1.86 bits per heavy atom. The Balaban J connectivity index is 1.17. The molecule has 3 fully saturated rings. The minimum atomic E-state index is -4.55. The van der Waals surface area contributed by atoms with E-state index >= 15 is 0 Å². The number of anilines is 1. The monoisotopic (exact) mass is 616 g/mol. The third-order valence-electron chi connectivity index (χ3n) is 8.31. The molecule has 12 heteroatoms. The van der Waals surface area contributed by atoms with Gasteiger partial charge >= 0.3 is 6.18 Å². The summed E-state index contributed by atoms with van der Waals surface area (Å²) in [5, 5.41) is 15.9. The molecule has 6 rings (SSSR count). The standard InChI is InChI=1S/C31H32ClF3N4O4/c1-2-42-24-9-4-3-6-20(24)22-10-11-25(27(38-22)28(40)37-16-30(41)14-36-15-30)43-19-12-29(13-19)17-39(18-29)23-8-5-7-21(32)26(23)31(33,34)35/h3-11,19,36,41H,2,12-18H2,1H3,(H,37,40). The number of para-hydroxylation sites is 1. The number of alkyl halides is 3. The average molecular weight is 617 g/mol. The molecule has 2 aromatic carbocycles. The number of ether oxygens (including phenoxy) is 2. The molecule has 3 aromatic rings. The van der Waals surface area contributed by atoms with Crippen LogP contribution in [-0.2, 0) is 6.18 Å². The summed E-state index contributed by atoms with van der Waals surface area (Å²) in [6.45, 7) is 4.10. The summed E-state index contributed by atoms with van der Waals surface area (Å²) >= 11 is 5.92. The number of nitrogens with zero attached hydrogens (tertiary/aromatic N) is 2. The zero-order valence-electron chi connectivity index (χ0n) is 23.5. The van der Waals surface area contributed by atoms with Crippen molar-refractivity contribution in [2.24, 2.45) is 5.41 Å². The first-order chi connectivity index (χ1) is 20.5. The number of halogens is 4. The Morgan fingerprint density at radius 3 is 2.53 bits per heavy atom. The van der Waals surface area contributed by atoms with Crippen molar-refractivity contribution in [3.63, 3.8) is 0 Å². The fraction of sp³-hybridized carbons (Fsp3) is 0.419. The van der Waals surface area contributed by atoms with Gasteiger partial charge in [-0.15, -0.1) is 0 Å². The summed E-state index contributed by atoms with van der Waals surface area (Å²) < 4.78 is 53.0. The van der Waals surface area contributed by atoms with Crippen molar-refractivity contribution in [2.75, 3.05) is 44.2 Å². The third kappa shape index (κ3) is 5.85. The van der Waals surface area contributed by atoms with Crippen molar-refractivity contribution in [3.8, 4) is 22.8 Å². The fourth-order valence-electron chi connectivity index (χ4n) is 6.10. The van der Waals surface area contributed by atoms with Gasteiger partial charge in [0.1, 0.15) is 17.5 Å². The summed E-state index contributed by atoms with van der Waals surface area (Å²) in [5.41, 5.74) is -0.553. The molecule has 8 nitrogen and oxygen atoms in total. The van der Waals surface area contributed by atoms with Gasteiger partial charge in [-0.25, -0.2) is 4.98 Å². The van der Waals surface area contributed by atoms with E-state index in [2.05, 4.69) is 15.6 Å². The number of benzene rings is 2. The van der Waals surface area contributed by atoms with Crippen molar-refractivity contribution in [2.45, 2.75) is 37.6 Å². The van der Waals surface area contributed by atoms with E-state index in [1.807, 2.05) is 31.2 Å². The van der Waals surface area contributed by atoms with Crippen LogP contribution in [0, 0.1) is 5.41 Å². The molecule has 0 bridgehead atoms. The number of amides is 1. The highest BCUT2D eigenvalue weighted by atomic mass is 35.5. The van der Waals surface area contributed by atoms with Gasteiger partial charge in [0.15, 0.2) is 11.4 Å². The number of carbonyl (C=O) groups excluding carboxylic acids is 1. The zero-order valence-corrected chi connectivity index (χ0v) is 24.3. The summed E-state index contributed by atoms with van der Waals surface area (Å²) in [5.74, 6) is 0.464. The SMILES string of the molecule is CCOc1ccccc1-c1ccc(OC2CC3(C2)CN(c2cccc(Cl)c2C(F)(F)F)C3)c(C(=O)NCC2(O)CNC2)n1. The van der Waals surface area contributed by atoms with Crippen LogP contribution in [0.15, 0.2) is 54.6 Å². The number of nitrogens with one attached hydrogen (secondary N) is 2. The van der Waals surface area contributed by atoms with Crippen molar-refractivity contribution in [1.82, 2.24) is 15.6 Å². The first-order valence-electron chi connectivity index (χ1n) is 14.2. The molecule has 1 amide bonds. The smallest absolute Gasteiger partial charge is 0.419 e. The number of rotatable bonds is 9.